The molecule has 108 valence electrons. The molecule has 19 heavy (non-hydrogen) atoms. The summed E-state index contributed by atoms with van der Waals surface area (Å²) < 4.78 is 5.20. The molecule has 1 aromatic heterocycles. The minimum atomic E-state index is -0.282. The molecule has 0 aliphatic heterocycles. The van der Waals surface area contributed by atoms with E-state index < -0.39 is 0 Å². The molecule has 1 aromatic rings. The van der Waals surface area contributed by atoms with E-state index in [-0.39, 0.29) is 23.3 Å². The van der Waals surface area contributed by atoms with E-state index in [9.17, 15) is 4.79 Å². The first-order valence-electron chi connectivity index (χ1n) is 6.54. The fourth-order valence-corrected chi connectivity index (χ4v) is 1.53. The van der Waals surface area contributed by atoms with Crippen molar-refractivity contribution in [3.05, 3.63) is 11.7 Å². The van der Waals surface area contributed by atoms with Gasteiger partial charge in [-0.2, -0.15) is 4.98 Å². The summed E-state index contributed by atoms with van der Waals surface area (Å²) in [5.41, 5.74) is -0.162. The van der Waals surface area contributed by atoms with Gasteiger partial charge in [-0.1, -0.05) is 32.9 Å². The summed E-state index contributed by atoms with van der Waals surface area (Å²) in [5.74, 6) is 0.955. The zero-order valence-corrected chi connectivity index (χ0v) is 12.6. The van der Waals surface area contributed by atoms with Gasteiger partial charge in [0.15, 0.2) is 5.82 Å². The molecule has 0 aliphatic carbocycles. The molecule has 1 rings (SSSR count). The molecule has 0 aromatic carbocycles. The van der Waals surface area contributed by atoms with Crippen molar-refractivity contribution in [3.63, 3.8) is 0 Å². The van der Waals surface area contributed by atoms with Crippen molar-refractivity contribution >= 4 is 5.91 Å². The number of nitrogens with zero attached hydrogens (tertiary/aromatic N) is 2. The van der Waals surface area contributed by atoms with Gasteiger partial charge in [0, 0.05) is 17.9 Å². The molecule has 6 heteroatoms. The number of carbonyl (C=O) groups excluding carboxylic acids is 1. The number of rotatable bonds is 5. The highest BCUT2D eigenvalue weighted by atomic mass is 16.5. The zero-order chi connectivity index (χ0) is 14.6. The lowest BCUT2D eigenvalue weighted by Crippen LogP contribution is -2.35. The maximum absolute atomic E-state index is 11.9. The zero-order valence-electron chi connectivity index (χ0n) is 12.6. The molecule has 2 unspecified atom stereocenters. The standard InChI is InChI=1S/C13H24N4O2/c1-8(7-14-6)10(18)15-9(2)11-16-12(17-19-11)13(3,4)5/h8-9,14H,7H2,1-6H3,(H,15,18). The summed E-state index contributed by atoms with van der Waals surface area (Å²) in [6.45, 7) is 10.4. The number of hydrogen-bond donors (Lipinski definition) is 2. The number of carbonyl (C=O) groups is 1. The number of aromatic nitrogens is 2. The van der Waals surface area contributed by atoms with Crippen molar-refractivity contribution in [1.82, 2.24) is 20.8 Å². The summed E-state index contributed by atoms with van der Waals surface area (Å²) >= 11 is 0. The lowest BCUT2D eigenvalue weighted by atomic mass is 9.96. The van der Waals surface area contributed by atoms with Gasteiger partial charge in [-0.15, -0.1) is 0 Å². The monoisotopic (exact) mass is 268 g/mol. The van der Waals surface area contributed by atoms with Crippen LogP contribution in [0.1, 0.15) is 52.4 Å². The molecule has 0 fully saturated rings. The van der Waals surface area contributed by atoms with Gasteiger partial charge in [0.25, 0.3) is 0 Å². The third kappa shape index (κ3) is 4.31. The third-order valence-electron chi connectivity index (χ3n) is 2.80. The van der Waals surface area contributed by atoms with Crippen molar-refractivity contribution in [2.45, 2.75) is 46.1 Å². The fraction of sp³-hybridized carbons (Fsp3) is 0.769. The van der Waals surface area contributed by atoms with Gasteiger partial charge < -0.3 is 15.2 Å². The molecule has 0 bridgehead atoms. The highest BCUT2D eigenvalue weighted by molar-refractivity contribution is 5.78. The molecule has 1 amide bonds. The topological polar surface area (TPSA) is 80.0 Å². The number of hydrogen-bond acceptors (Lipinski definition) is 5. The number of nitrogens with one attached hydrogen (secondary N) is 2. The van der Waals surface area contributed by atoms with Crippen LogP contribution >= 0.6 is 0 Å². The molecule has 2 N–H and O–H groups in total. The second-order valence-corrected chi connectivity index (χ2v) is 5.90. The SMILES string of the molecule is CNCC(C)C(=O)NC(C)c1nc(C(C)(C)C)no1. The Labute approximate surface area is 114 Å². The van der Waals surface area contributed by atoms with E-state index >= 15 is 0 Å². The minimum Gasteiger partial charge on any atom is -0.344 e. The Morgan fingerprint density at radius 2 is 2.00 bits per heavy atom. The minimum absolute atomic E-state index is 0.0302. The molecule has 6 nitrogen and oxygen atoms in total. The van der Waals surface area contributed by atoms with Gasteiger partial charge in [-0.25, -0.2) is 0 Å². The summed E-state index contributed by atoms with van der Waals surface area (Å²) in [6, 6.07) is -0.282. The predicted octanol–water partition coefficient (Wildman–Crippen LogP) is 1.40. The lowest BCUT2D eigenvalue weighted by molar-refractivity contribution is -0.125. The van der Waals surface area contributed by atoms with Gasteiger partial charge in [-0.3, -0.25) is 4.79 Å². The molecule has 1 heterocycles. The fourth-order valence-electron chi connectivity index (χ4n) is 1.53. The van der Waals surface area contributed by atoms with Crippen LogP contribution in [0, 0.1) is 5.92 Å². The first-order valence-corrected chi connectivity index (χ1v) is 6.54. The summed E-state index contributed by atoms with van der Waals surface area (Å²) in [4.78, 5) is 16.2. The molecule has 0 saturated heterocycles. The van der Waals surface area contributed by atoms with Crippen LogP contribution in [0.5, 0.6) is 0 Å². The van der Waals surface area contributed by atoms with Crippen LogP contribution in [0.2, 0.25) is 0 Å². The molecule has 0 aliphatic rings. The molecule has 0 radical (unpaired) electrons. The molecular formula is C13H24N4O2. The van der Waals surface area contributed by atoms with Crippen molar-refractivity contribution in [3.8, 4) is 0 Å². The van der Waals surface area contributed by atoms with E-state index in [0.29, 0.717) is 18.3 Å². The average Bonchev–Trinajstić information content (AvgIpc) is 2.78. The molecular weight excluding hydrogens is 244 g/mol. The highest BCUT2D eigenvalue weighted by Crippen LogP contribution is 2.20. The van der Waals surface area contributed by atoms with Gasteiger partial charge in [-0.05, 0) is 14.0 Å². The maximum atomic E-state index is 11.9. The van der Waals surface area contributed by atoms with Gasteiger partial charge in [0.05, 0.1) is 0 Å². The Kier molecular flexibility index (Phi) is 5.05. The largest absolute Gasteiger partial charge is 0.344 e. The average molecular weight is 268 g/mol. The Balaban J connectivity index is 2.66. The Morgan fingerprint density at radius 1 is 1.37 bits per heavy atom. The van der Waals surface area contributed by atoms with Gasteiger partial charge in [0.1, 0.15) is 6.04 Å². The predicted molar refractivity (Wildman–Crippen MR) is 72.6 cm³/mol. The summed E-state index contributed by atoms with van der Waals surface area (Å²) in [5, 5.41) is 9.79. The summed E-state index contributed by atoms with van der Waals surface area (Å²) in [6.07, 6.45) is 0. The van der Waals surface area contributed by atoms with E-state index in [1.54, 1.807) is 0 Å². The maximum Gasteiger partial charge on any atom is 0.248 e. The van der Waals surface area contributed by atoms with Crippen LogP contribution in [0.15, 0.2) is 4.52 Å². The van der Waals surface area contributed by atoms with Gasteiger partial charge >= 0.3 is 0 Å². The molecule has 0 spiro atoms. The van der Waals surface area contributed by atoms with Crippen LogP contribution in [-0.2, 0) is 10.2 Å². The second kappa shape index (κ2) is 6.14. The Bertz CT molecular complexity index is 423. The van der Waals surface area contributed by atoms with Crippen molar-refractivity contribution in [1.29, 1.82) is 0 Å². The van der Waals surface area contributed by atoms with Crippen LogP contribution < -0.4 is 10.6 Å². The smallest absolute Gasteiger partial charge is 0.248 e. The van der Waals surface area contributed by atoms with Crippen LogP contribution in [0.3, 0.4) is 0 Å². The Hall–Kier alpha value is -1.43. The van der Waals surface area contributed by atoms with Crippen LogP contribution in [0.25, 0.3) is 0 Å². The van der Waals surface area contributed by atoms with E-state index in [1.165, 1.54) is 0 Å². The van der Waals surface area contributed by atoms with Crippen LogP contribution in [0.4, 0.5) is 0 Å². The van der Waals surface area contributed by atoms with E-state index in [4.69, 9.17) is 4.52 Å². The number of amides is 1. The second-order valence-electron chi connectivity index (χ2n) is 5.90. The first kappa shape index (κ1) is 15.6. The highest BCUT2D eigenvalue weighted by Gasteiger charge is 2.24. The van der Waals surface area contributed by atoms with E-state index in [0.717, 1.165) is 0 Å². The Morgan fingerprint density at radius 3 is 2.47 bits per heavy atom. The lowest BCUT2D eigenvalue weighted by Gasteiger charge is -2.14. The quantitative estimate of drug-likeness (QED) is 0.843. The third-order valence-corrected chi connectivity index (χ3v) is 2.80. The molecule has 0 saturated carbocycles. The normalized spacial score (nSPS) is 15.1. The van der Waals surface area contributed by atoms with E-state index in [1.807, 2.05) is 41.7 Å². The van der Waals surface area contributed by atoms with Crippen molar-refractivity contribution in [2.24, 2.45) is 5.92 Å². The first-order chi connectivity index (χ1) is 8.75. The van der Waals surface area contributed by atoms with Crippen molar-refractivity contribution < 1.29 is 9.32 Å². The summed E-state index contributed by atoms with van der Waals surface area (Å²) in [7, 11) is 1.82. The molecule has 2 atom stereocenters. The van der Waals surface area contributed by atoms with Crippen LogP contribution in [-0.4, -0.2) is 29.6 Å². The van der Waals surface area contributed by atoms with Gasteiger partial charge in [0.2, 0.25) is 11.8 Å². The van der Waals surface area contributed by atoms with Crippen molar-refractivity contribution in [2.75, 3.05) is 13.6 Å². The van der Waals surface area contributed by atoms with E-state index in [2.05, 4.69) is 20.8 Å².